The molecule has 0 unspecified atom stereocenters. The summed E-state index contributed by atoms with van der Waals surface area (Å²) in [5, 5.41) is 2.83. The summed E-state index contributed by atoms with van der Waals surface area (Å²) in [6, 6.07) is 0. The Kier molecular flexibility index (Phi) is 6.82. The summed E-state index contributed by atoms with van der Waals surface area (Å²) in [6.45, 7) is 6.88. The molecule has 1 atom stereocenters. The molecule has 0 spiro atoms. The van der Waals surface area contributed by atoms with E-state index in [0.717, 1.165) is 13.0 Å². The number of nitrogens with one attached hydrogen (secondary N) is 1. The van der Waals surface area contributed by atoms with Crippen molar-refractivity contribution in [2.45, 2.75) is 46.5 Å². The van der Waals surface area contributed by atoms with Gasteiger partial charge in [0.2, 0.25) is 5.91 Å². The molecule has 0 saturated heterocycles. The summed E-state index contributed by atoms with van der Waals surface area (Å²) in [7, 11) is 0. The highest BCUT2D eigenvalue weighted by atomic mass is 16.1. The van der Waals surface area contributed by atoms with Crippen LogP contribution >= 0.6 is 0 Å². The fraction of sp³-hybridized carbons (Fsp3) is 0.900. The zero-order valence-electron chi connectivity index (χ0n) is 8.52. The van der Waals surface area contributed by atoms with Gasteiger partial charge in [-0.2, -0.15) is 0 Å². The largest absolute Gasteiger partial charge is 0.356 e. The van der Waals surface area contributed by atoms with E-state index in [9.17, 15) is 4.79 Å². The maximum absolute atomic E-state index is 11.2. The summed E-state index contributed by atoms with van der Waals surface area (Å²) < 4.78 is 0. The molecule has 1 amide bonds. The van der Waals surface area contributed by atoms with Gasteiger partial charge in [0.1, 0.15) is 0 Å². The fourth-order valence-corrected chi connectivity index (χ4v) is 1.18. The monoisotopic (exact) mass is 171 g/mol. The highest BCUT2D eigenvalue weighted by Crippen LogP contribution is 2.08. The molecule has 0 bridgehead atoms. The van der Waals surface area contributed by atoms with E-state index in [1.807, 2.05) is 13.8 Å². The molecule has 0 fully saturated rings. The maximum Gasteiger partial charge on any atom is 0.222 e. The highest BCUT2D eigenvalue weighted by Gasteiger charge is 2.09. The summed E-state index contributed by atoms with van der Waals surface area (Å²) in [5.41, 5.74) is 0. The lowest BCUT2D eigenvalue weighted by atomic mass is 10.0. The molecule has 0 aromatic rings. The van der Waals surface area contributed by atoms with Gasteiger partial charge in [0.05, 0.1) is 0 Å². The zero-order valence-corrected chi connectivity index (χ0v) is 8.52. The number of unbranched alkanes of at least 4 members (excludes halogenated alkanes) is 2. The van der Waals surface area contributed by atoms with E-state index in [-0.39, 0.29) is 11.8 Å². The first-order valence-corrected chi connectivity index (χ1v) is 5.00. The van der Waals surface area contributed by atoms with Gasteiger partial charge in [0, 0.05) is 12.5 Å². The molecule has 2 heteroatoms. The standard InChI is InChI=1S/C10H21NO/c1-4-6-7-8-9(3)10(12)11-5-2/h9H,4-8H2,1-3H3,(H,11,12)/t9-/m0/s1. The number of amides is 1. The summed E-state index contributed by atoms with van der Waals surface area (Å²) in [6.07, 6.45) is 4.67. The first-order valence-electron chi connectivity index (χ1n) is 5.00. The number of hydrogen-bond donors (Lipinski definition) is 1. The van der Waals surface area contributed by atoms with Crippen molar-refractivity contribution in [3.05, 3.63) is 0 Å². The Morgan fingerprint density at radius 2 is 2.00 bits per heavy atom. The molecule has 72 valence electrons. The van der Waals surface area contributed by atoms with E-state index in [2.05, 4.69) is 12.2 Å². The molecule has 0 heterocycles. The van der Waals surface area contributed by atoms with Crippen LogP contribution in [0.4, 0.5) is 0 Å². The normalized spacial score (nSPS) is 12.6. The molecule has 0 aromatic carbocycles. The van der Waals surface area contributed by atoms with Gasteiger partial charge in [-0.25, -0.2) is 0 Å². The second-order valence-corrected chi connectivity index (χ2v) is 3.29. The SMILES string of the molecule is CCCCC[C@H](C)C(=O)NCC. The van der Waals surface area contributed by atoms with E-state index in [4.69, 9.17) is 0 Å². The maximum atomic E-state index is 11.2. The predicted molar refractivity (Wildman–Crippen MR) is 52.0 cm³/mol. The first-order chi connectivity index (χ1) is 5.72. The van der Waals surface area contributed by atoms with Crippen LogP contribution in [0.15, 0.2) is 0 Å². The van der Waals surface area contributed by atoms with Crippen LogP contribution in [0.5, 0.6) is 0 Å². The molecule has 0 radical (unpaired) electrons. The number of rotatable bonds is 6. The van der Waals surface area contributed by atoms with Crippen LogP contribution in [0.2, 0.25) is 0 Å². The van der Waals surface area contributed by atoms with Crippen molar-refractivity contribution in [1.29, 1.82) is 0 Å². The van der Waals surface area contributed by atoms with Gasteiger partial charge < -0.3 is 5.32 Å². The molecular weight excluding hydrogens is 150 g/mol. The van der Waals surface area contributed by atoms with E-state index >= 15 is 0 Å². The van der Waals surface area contributed by atoms with Crippen molar-refractivity contribution >= 4 is 5.91 Å². The van der Waals surface area contributed by atoms with Crippen LogP contribution < -0.4 is 5.32 Å². The Labute approximate surface area is 75.7 Å². The fourth-order valence-electron chi connectivity index (χ4n) is 1.18. The average molecular weight is 171 g/mol. The van der Waals surface area contributed by atoms with Gasteiger partial charge in [0.25, 0.3) is 0 Å². The van der Waals surface area contributed by atoms with Crippen LogP contribution in [0, 0.1) is 5.92 Å². The van der Waals surface area contributed by atoms with E-state index in [1.165, 1.54) is 19.3 Å². The van der Waals surface area contributed by atoms with Gasteiger partial charge in [-0.05, 0) is 13.3 Å². The third-order valence-corrected chi connectivity index (χ3v) is 2.04. The van der Waals surface area contributed by atoms with E-state index in [0.29, 0.717) is 0 Å². The van der Waals surface area contributed by atoms with Crippen molar-refractivity contribution in [2.24, 2.45) is 5.92 Å². The summed E-state index contributed by atoms with van der Waals surface area (Å²) in [4.78, 5) is 11.2. The molecule has 0 saturated carbocycles. The minimum atomic E-state index is 0.191. The van der Waals surface area contributed by atoms with Crippen LogP contribution in [0.3, 0.4) is 0 Å². The van der Waals surface area contributed by atoms with Crippen LogP contribution in [0.25, 0.3) is 0 Å². The Hall–Kier alpha value is -0.530. The van der Waals surface area contributed by atoms with E-state index < -0.39 is 0 Å². The highest BCUT2D eigenvalue weighted by molar-refractivity contribution is 5.78. The number of hydrogen-bond acceptors (Lipinski definition) is 1. The first kappa shape index (κ1) is 11.5. The van der Waals surface area contributed by atoms with Crippen molar-refractivity contribution in [3.8, 4) is 0 Å². The molecular formula is C10H21NO. The van der Waals surface area contributed by atoms with Crippen LogP contribution in [0.1, 0.15) is 46.5 Å². The average Bonchev–Trinajstić information content (AvgIpc) is 2.05. The van der Waals surface area contributed by atoms with Crippen molar-refractivity contribution < 1.29 is 4.79 Å². The molecule has 0 rings (SSSR count). The van der Waals surface area contributed by atoms with Crippen LogP contribution in [-0.4, -0.2) is 12.5 Å². The Morgan fingerprint density at radius 3 is 2.50 bits per heavy atom. The topological polar surface area (TPSA) is 29.1 Å². The minimum Gasteiger partial charge on any atom is -0.356 e. The Bertz CT molecular complexity index is 123. The Balaban J connectivity index is 3.42. The third kappa shape index (κ3) is 5.16. The van der Waals surface area contributed by atoms with Crippen molar-refractivity contribution in [2.75, 3.05) is 6.54 Å². The molecule has 12 heavy (non-hydrogen) atoms. The van der Waals surface area contributed by atoms with Crippen molar-refractivity contribution in [1.82, 2.24) is 5.32 Å². The molecule has 0 aliphatic carbocycles. The van der Waals surface area contributed by atoms with E-state index in [1.54, 1.807) is 0 Å². The lowest BCUT2D eigenvalue weighted by molar-refractivity contribution is -0.124. The third-order valence-electron chi connectivity index (χ3n) is 2.04. The molecule has 2 nitrogen and oxygen atoms in total. The summed E-state index contributed by atoms with van der Waals surface area (Å²) in [5.74, 6) is 0.394. The van der Waals surface area contributed by atoms with Gasteiger partial charge in [-0.3, -0.25) is 4.79 Å². The smallest absolute Gasteiger partial charge is 0.222 e. The van der Waals surface area contributed by atoms with Crippen LogP contribution in [-0.2, 0) is 4.79 Å². The predicted octanol–water partition coefficient (Wildman–Crippen LogP) is 2.34. The van der Waals surface area contributed by atoms with Gasteiger partial charge in [-0.15, -0.1) is 0 Å². The molecule has 1 N–H and O–H groups in total. The molecule has 0 aromatic heterocycles. The molecule has 0 aliphatic heterocycles. The second kappa shape index (κ2) is 7.14. The minimum absolute atomic E-state index is 0.191. The summed E-state index contributed by atoms with van der Waals surface area (Å²) >= 11 is 0. The number of carbonyl (C=O) groups is 1. The Morgan fingerprint density at radius 1 is 1.33 bits per heavy atom. The lowest BCUT2D eigenvalue weighted by Gasteiger charge is -2.09. The van der Waals surface area contributed by atoms with Crippen molar-refractivity contribution in [3.63, 3.8) is 0 Å². The lowest BCUT2D eigenvalue weighted by Crippen LogP contribution is -2.28. The quantitative estimate of drug-likeness (QED) is 0.611. The van der Waals surface area contributed by atoms with Gasteiger partial charge >= 0.3 is 0 Å². The number of carbonyl (C=O) groups excluding carboxylic acids is 1. The zero-order chi connectivity index (χ0) is 9.40. The van der Waals surface area contributed by atoms with Gasteiger partial charge in [-0.1, -0.05) is 33.1 Å². The van der Waals surface area contributed by atoms with Gasteiger partial charge in [0.15, 0.2) is 0 Å². The second-order valence-electron chi connectivity index (χ2n) is 3.29. The molecule has 0 aliphatic rings.